The number of hydrogen-bond acceptors (Lipinski definition) is 3. The van der Waals surface area contributed by atoms with E-state index in [1.165, 1.54) is 6.92 Å². The van der Waals surface area contributed by atoms with E-state index in [0.29, 0.717) is 6.54 Å². The standard InChI is InChI=1S/C19H24N2O2/c1-15(22)13-19(20,18-11-7-4-8-12-18)21(16(2)23)14-17-9-5-3-6-10-17/h3-12,15,22H,13-14,20H2,1-2H3. The van der Waals surface area contributed by atoms with Crippen molar-refractivity contribution < 1.29 is 9.90 Å². The zero-order valence-corrected chi connectivity index (χ0v) is 13.6. The minimum atomic E-state index is -1.06. The predicted molar refractivity (Wildman–Crippen MR) is 91.3 cm³/mol. The van der Waals surface area contributed by atoms with Crippen molar-refractivity contribution in [1.82, 2.24) is 4.90 Å². The molecule has 0 bridgehead atoms. The van der Waals surface area contributed by atoms with Crippen molar-refractivity contribution in [2.45, 2.75) is 38.6 Å². The van der Waals surface area contributed by atoms with Crippen LogP contribution in [-0.2, 0) is 17.0 Å². The molecule has 0 heterocycles. The third kappa shape index (κ3) is 4.18. The average Bonchev–Trinajstić information content (AvgIpc) is 2.53. The maximum absolute atomic E-state index is 12.3. The van der Waals surface area contributed by atoms with Crippen molar-refractivity contribution in [1.29, 1.82) is 0 Å². The van der Waals surface area contributed by atoms with Gasteiger partial charge in [0, 0.05) is 19.9 Å². The first kappa shape index (κ1) is 17.2. The lowest BCUT2D eigenvalue weighted by molar-refractivity contribution is -0.138. The van der Waals surface area contributed by atoms with Crippen LogP contribution in [0, 0.1) is 0 Å². The molecule has 2 aromatic carbocycles. The molecule has 4 nitrogen and oxygen atoms in total. The Morgan fingerprint density at radius 3 is 2.13 bits per heavy atom. The molecule has 2 rings (SSSR count). The molecule has 0 saturated heterocycles. The van der Waals surface area contributed by atoms with E-state index >= 15 is 0 Å². The molecular weight excluding hydrogens is 288 g/mol. The summed E-state index contributed by atoms with van der Waals surface area (Å²) in [6.07, 6.45) is -0.360. The zero-order valence-electron chi connectivity index (χ0n) is 13.6. The first-order chi connectivity index (χ1) is 10.9. The molecule has 0 aliphatic rings. The van der Waals surface area contributed by atoms with Crippen molar-refractivity contribution in [3.05, 3.63) is 71.8 Å². The van der Waals surface area contributed by atoms with Crippen molar-refractivity contribution >= 4 is 5.91 Å². The normalized spacial score (nSPS) is 14.8. The minimum Gasteiger partial charge on any atom is -0.393 e. The average molecular weight is 312 g/mol. The fourth-order valence-corrected chi connectivity index (χ4v) is 2.86. The molecule has 0 radical (unpaired) electrons. The van der Waals surface area contributed by atoms with Crippen LogP contribution in [0.5, 0.6) is 0 Å². The molecule has 2 atom stereocenters. The SMILES string of the molecule is CC(=O)N(Cc1ccccc1)C(N)(CC(C)O)c1ccccc1. The van der Waals surface area contributed by atoms with Crippen LogP contribution in [0.2, 0.25) is 0 Å². The Labute approximate surface area is 137 Å². The van der Waals surface area contributed by atoms with Gasteiger partial charge >= 0.3 is 0 Å². The van der Waals surface area contributed by atoms with E-state index in [0.717, 1.165) is 11.1 Å². The van der Waals surface area contributed by atoms with Gasteiger partial charge in [-0.25, -0.2) is 0 Å². The highest BCUT2D eigenvalue weighted by atomic mass is 16.3. The van der Waals surface area contributed by atoms with Crippen LogP contribution in [0.25, 0.3) is 0 Å². The number of rotatable bonds is 6. The van der Waals surface area contributed by atoms with Gasteiger partial charge in [0.2, 0.25) is 5.91 Å². The maximum atomic E-state index is 12.3. The maximum Gasteiger partial charge on any atom is 0.221 e. The molecule has 0 aliphatic heterocycles. The molecule has 23 heavy (non-hydrogen) atoms. The Morgan fingerprint density at radius 2 is 1.65 bits per heavy atom. The van der Waals surface area contributed by atoms with E-state index in [2.05, 4.69) is 0 Å². The van der Waals surface area contributed by atoms with Crippen LogP contribution < -0.4 is 5.73 Å². The number of aliphatic hydroxyl groups excluding tert-OH is 1. The Hall–Kier alpha value is -2.17. The second-order valence-corrected chi connectivity index (χ2v) is 5.93. The van der Waals surface area contributed by atoms with E-state index in [1.54, 1.807) is 11.8 Å². The molecule has 0 aliphatic carbocycles. The third-order valence-corrected chi connectivity index (χ3v) is 3.93. The van der Waals surface area contributed by atoms with Crippen LogP contribution >= 0.6 is 0 Å². The van der Waals surface area contributed by atoms with Crippen molar-refractivity contribution in [3.8, 4) is 0 Å². The summed E-state index contributed by atoms with van der Waals surface area (Å²) in [6.45, 7) is 3.59. The van der Waals surface area contributed by atoms with Gasteiger partial charge in [-0.1, -0.05) is 60.7 Å². The lowest BCUT2D eigenvalue weighted by Gasteiger charge is -2.42. The summed E-state index contributed by atoms with van der Waals surface area (Å²) in [6, 6.07) is 19.2. The molecule has 1 amide bonds. The second kappa shape index (κ2) is 7.40. The Morgan fingerprint density at radius 1 is 1.13 bits per heavy atom. The lowest BCUT2D eigenvalue weighted by atomic mass is 9.91. The summed E-state index contributed by atoms with van der Waals surface area (Å²) in [7, 11) is 0. The van der Waals surface area contributed by atoms with Crippen molar-refractivity contribution in [3.63, 3.8) is 0 Å². The highest BCUT2D eigenvalue weighted by molar-refractivity contribution is 5.74. The van der Waals surface area contributed by atoms with Crippen LogP contribution in [0.1, 0.15) is 31.4 Å². The highest BCUT2D eigenvalue weighted by Gasteiger charge is 2.37. The predicted octanol–water partition coefficient (Wildman–Crippen LogP) is 2.62. The summed E-state index contributed by atoms with van der Waals surface area (Å²) < 4.78 is 0. The number of hydrogen-bond donors (Lipinski definition) is 2. The minimum absolute atomic E-state index is 0.124. The second-order valence-electron chi connectivity index (χ2n) is 5.93. The Bertz CT molecular complexity index is 628. The van der Waals surface area contributed by atoms with Crippen molar-refractivity contribution in [2.75, 3.05) is 0 Å². The number of nitrogens with two attached hydrogens (primary N) is 1. The van der Waals surface area contributed by atoms with Gasteiger partial charge in [0.1, 0.15) is 5.66 Å². The van der Waals surface area contributed by atoms with Gasteiger partial charge in [-0.2, -0.15) is 0 Å². The zero-order chi connectivity index (χ0) is 16.9. The molecule has 4 heteroatoms. The van der Waals surface area contributed by atoms with Gasteiger partial charge in [-0.05, 0) is 18.1 Å². The highest BCUT2D eigenvalue weighted by Crippen LogP contribution is 2.30. The monoisotopic (exact) mass is 312 g/mol. The number of aliphatic hydroxyl groups is 1. The number of carbonyl (C=O) groups excluding carboxylic acids is 1. The van der Waals surface area contributed by atoms with E-state index in [1.807, 2.05) is 60.7 Å². The summed E-state index contributed by atoms with van der Waals surface area (Å²) >= 11 is 0. The molecule has 3 N–H and O–H groups in total. The van der Waals surface area contributed by atoms with Crippen LogP contribution in [0.15, 0.2) is 60.7 Å². The largest absolute Gasteiger partial charge is 0.393 e. The summed E-state index contributed by atoms with van der Waals surface area (Å²) in [5, 5.41) is 9.93. The summed E-state index contributed by atoms with van der Waals surface area (Å²) in [5.74, 6) is -0.124. The van der Waals surface area contributed by atoms with E-state index in [-0.39, 0.29) is 12.3 Å². The first-order valence-electron chi connectivity index (χ1n) is 7.78. The third-order valence-electron chi connectivity index (χ3n) is 3.93. The van der Waals surface area contributed by atoms with E-state index < -0.39 is 11.8 Å². The van der Waals surface area contributed by atoms with E-state index in [9.17, 15) is 9.90 Å². The molecule has 0 saturated carbocycles. The Balaban J connectivity index is 2.43. The summed E-state index contributed by atoms with van der Waals surface area (Å²) in [5.41, 5.74) is 7.41. The van der Waals surface area contributed by atoms with Gasteiger partial charge in [-0.15, -0.1) is 0 Å². The Kier molecular flexibility index (Phi) is 5.53. The van der Waals surface area contributed by atoms with Gasteiger partial charge in [-0.3, -0.25) is 4.79 Å². The molecule has 0 spiro atoms. The number of nitrogens with zero attached hydrogens (tertiary/aromatic N) is 1. The topological polar surface area (TPSA) is 66.6 Å². The number of carbonyl (C=O) groups is 1. The van der Waals surface area contributed by atoms with Crippen molar-refractivity contribution in [2.24, 2.45) is 5.73 Å². The quantitative estimate of drug-likeness (QED) is 0.806. The fourth-order valence-electron chi connectivity index (χ4n) is 2.86. The van der Waals surface area contributed by atoms with Gasteiger partial charge in [0.15, 0.2) is 0 Å². The number of amides is 1. The molecule has 0 aromatic heterocycles. The molecule has 2 aromatic rings. The van der Waals surface area contributed by atoms with Crippen LogP contribution in [0.4, 0.5) is 0 Å². The van der Waals surface area contributed by atoms with Crippen LogP contribution in [0.3, 0.4) is 0 Å². The fraction of sp³-hybridized carbons (Fsp3) is 0.316. The lowest BCUT2D eigenvalue weighted by Crippen LogP contribution is -2.56. The van der Waals surface area contributed by atoms with E-state index in [4.69, 9.17) is 5.73 Å². The molecule has 0 fully saturated rings. The molecule has 122 valence electrons. The number of benzene rings is 2. The molecule has 2 unspecified atom stereocenters. The smallest absolute Gasteiger partial charge is 0.221 e. The van der Waals surface area contributed by atoms with Gasteiger partial charge < -0.3 is 15.7 Å². The van der Waals surface area contributed by atoms with Gasteiger partial charge in [0.05, 0.1) is 6.10 Å². The van der Waals surface area contributed by atoms with Gasteiger partial charge in [0.25, 0.3) is 0 Å². The molecular formula is C19H24N2O2. The van der Waals surface area contributed by atoms with Crippen LogP contribution in [-0.4, -0.2) is 22.0 Å². The summed E-state index contributed by atoms with van der Waals surface area (Å²) in [4.78, 5) is 13.9. The first-order valence-corrected chi connectivity index (χ1v) is 7.78.